The van der Waals surface area contributed by atoms with Crippen LogP contribution < -0.4 is 0 Å². The van der Waals surface area contributed by atoms with E-state index >= 15 is 0 Å². The lowest BCUT2D eigenvalue weighted by molar-refractivity contribution is -0.929. The van der Waals surface area contributed by atoms with Gasteiger partial charge in [0, 0.05) is 13.3 Å². The van der Waals surface area contributed by atoms with Crippen molar-refractivity contribution in [3.63, 3.8) is 0 Å². The van der Waals surface area contributed by atoms with Gasteiger partial charge in [-0.2, -0.15) is 13.2 Å². The molecule has 0 aliphatic carbocycles. The number of nitrogens with zero attached hydrogens (tertiary/aromatic N) is 1. The molecule has 1 fully saturated rings. The molecular weight excluding hydrogens is 374 g/mol. The molecule has 0 radical (unpaired) electrons. The maximum Gasteiger partial charge on any atom is 0.514 e. The molecule has 0 saturated carbocycles. The second-order valence-electron chi connectivity index (χ2n) is 8.21. The Morgan fingerprint density at radius 1 is 1.19 bits per heavy atom. The Kier molecular flexibility index (Phi) is 5.19. The summed E-state index contributed by atoms with van der Waals surface area (Å²) in [5.41, 5.74) is -1.86. The number of carbonyl (C=O) groups is 2. The fourth-order valence-electron chi connectivity index (χ4n) is 4.02. The van der Waals surface area contributed by atoms with Gasteiger partial charge in [-0.1, -0.05) is 17.7 Å². The molecule has 0 bridgehead atoms. The molecule has 1 aromatic rings. The van der Waals surface area contributed by atoms with Crippen LogP contribution >= 0.6 is 0 Å². The molecule has 9 heteroatoms. The van der Waals surface area contributed by atoms with Crippen LogP contribution in [0.2, 0.25) is 0 Å². The highest BCUT2D eigenvalue weighted by atomic mass is 32.2. The van der Waals surface area contributed by atoms with Crippen molar-refractivity contribution in [3.05, 3.63) is 29.8 Å². The molecule has 1 aromatic carbocycles. The van der Waals surface area contributed by atoms with Crippen molar-refractivity contribution >= 4 is 22.2 Å². The number of hydrogen-bond acceptors (Lipinski definition) is 5. The zero-order valence-electron chi connectivity index (χ0n) is 16.1. The maximum absolute atomic E-state index is 12.6. The van der Waals surface area contributed by atoms with Gasteiger partial charge in [0.1, 0.15) is 18.2 Å². The molecular formula is C18H26NO7S+. The fraction of sp³-hybridized carbons (Fsp3) is 0.556. The van der Waals surface area contributed by atoms with E-state index in [1.165, 1.54) is 19.1 Å². The van der Waals surface area contributed by atoms with E-state index in [-0.39, 0.29) is 17.9 Å². The molecule has 2 N–H and O–H groups in total. The minimum atomic E-state index is -4.15. The fourth-order valence-corrected chi connectivity index (χ4v) is 5.08. The number of rotatable bonds is 4. The van der Waals surface area contributed by atoms with E-state index < -0.39 is 43.8 Å². The predicted octanol–water partition coefficient (Wildman–Crippen LogP) is 2.61. The number of benzene rings is 1. The highest BCUT2D eigenvalue weighted by Crippen LogP contribution is 2.46. The first-order chi connectivity index (χ1) is 12.2. The molecule has 3 atom stereocenters. The van der Waals surface area contributed by atoms with Crippen LogP contribution in [0.25, 0.3) is 0 Å². The Morgan fingerprint density at radius 3 is 2.07 bits per heavy atom. The first-order valence-corrected chi connectivity index (χ1v) is 9.93. The standard InChI is InChI=1S/C18H25NO7S/c1-12-6-8-14(9-7-12)27(24,25)26-13-10-18(5,15(20)21)19(11-13,16(22)23)17(2,3)4/h6-9,13H,10-11H2,1-5H3,(H-,20,21,22,23)/p+1/t13-,18+,19?/m1/s1. The molecule has 150 valence electrons. The Morgan fingerprint density at radius 2 is 1.70 bits per heavy atom. The molecule has 1 amide bonds. The van der Waals surface area contributed by atoms with Crippen LogP contribution in [0.1, 0.15) is 39.7 Å². The van der Waals surface area contributed by atoms with Gasteiger partial charge in [0.2, 0.25) is 5.54 Å². The van der Waals surface area contributed by atoms with E-state index in [9.17, 15) is 28.2 Å². The third kappa shape index (κ3) is 3.35. The van der Waals surface area contributed by atoms with Gasteiger partial charge in [-0.15, -0.1) is 0 Å². The third-order valence-electron chi connectivity index (χ3n) is 5.45. The highest BCUT2D eigenvalue weighted by molar-refractivity contribution is 7.86. The largest absolute Gasteiger partial charge is 0.514 e. The van der Waals surface area contributed by atoms with Crippen LogP contribution in [0.3, 0.4) is 0 Å². The van der Waals surface area contributed by atoms with Gasteiger partial charge >= 0.3 is 12.1 Å². The minimum Gasteiger partial charge on any atom is -0.477 e. The number of hydrogen-bond donors (Lipinski definition) is 2. The summed E-state index contributed by atoms with van der Waals surface area (Å²) < 4.78 is 29.6. The van der Waals surface area contributed by atoms with Gasteiger partial charge in [-0.25, -0.2) is 9.28 Å². The molecule has 0 aromatic heterocycles. The summed E-state index contributed by atoms with van der Waals surface area (Å²) in [6.45, 7) is 7.75. The molecule has 1 unspecified atom stereocenters. The first kappa shape index (κ1) is 21.3. The average molecular weight is 400 g/mol. The number of carboxylic acid groups (broad SMARTS) is 2. The Hall–Kier alpha value is -1.97. The zero-order chi connectivity index (χ0) is 20.8. The molecule has 1 saturated heterocycles. The van der Waals surface area contributed by atoms with E-state index in [0.717, 1.165) is 5.56 Å². The molecule has 27 heavy (non-hydrogen) atoms. The van der Waals surface area contributed by atoms with Crippen molar-refractivity contribution in [2.24, 2.45) is 0 Å². The molecule has 8 nitrogen and oxygen atoms in total. The lowest BCUT2D eigenvalue weighted by Gasteiger charge is -2.48. The Labute approximate surface area is 159 Å². The summed E-state index contributed by atoms with van der Waals surface area (Å²) in [6, 6.07) is 6.05. The number of carboxylic acids is 1. The van der Waals surface area contributed by atoms with E-state index in [2.05, 4.69) is 0 Å². The number of aryl methyl sites for hydroxylation is 1. The summed E-state index contributed by atoms with van der Waals surface area (Å²) in [6.07, 6.45) is -2.64. The van der Waals surface area contributed by atoms with Crippen molar-refractivity contribution in [1.29, 1.82) is 0 Å². The number of aliphatic carboxylic acids is 1. The first-order valence-electron chi connectivity index (χ1n) is 8.52. The van der Waals surface area contributed by atoms with Gasteiger partial charge in [-0.3, -0.25) is 4.18 Å². The average Bonchev–Trinajstić information content (AvgIpc) is 2.81. The van der Waals surface area contributed by atoms with Gasteiger partial charge in [0.25, 0.3) is 10.1 Å². The molecule has 1 aliphatic rings. The van der Waals surface area contributed by atoms with Crippen LogP contribution in [0.4, 0.5) is 4.79 Å². The summed E-state index contributed by atoms with van der Waals surface area (Å²) in [4.78, 5) is 24.2. The molecule has 1 aliphatic heterocycles. The minimum absolute atomic E-state index is 0.0544. The van der Waals surface area contributed by atoms with Crippen molar-refractivity contribution in [3.8, 4) is 0 Å². The van der Waals surface area contributed by atoms with Crippen molar-refractivity contribution in [2.45, 2.75) is 63.1 Å². The summed E-state index contributed by atoms with van der Waals surface area (Å²) in [5, 5.41) is 19.8. The van der Waals surface area contributed by atoms with Gasteiger partial charge in [-0.05, 0) is 39.8 Å². The Bertz CT molecular complexity index is 857. The van der Waals surface area contributed by atoms with Crippen molar-refractivity contribution in [2.75, 3.05) is 6.54 Å². The lowest BCUT2D eigenvalue weighted by Crippen LogP contribution is -2.73. The smallest absolute Gasteiger partial charge is 0.477 e. The van der Waals surface area contributed by atoms with Crippen LogP contribution in [0.15, 0.2) is 29.2 Å². The zero-order valence-corrected chi connectivity index (χ0v) is 16.9. The molecule has 1 heterocycles. The van der Waals surface area contributed by atoms with Gasteiger partial charge < -0.3 is 10.2 Å². The summed E-state index contributed by atoms with van der Waals surface area (Å²) in [7, 11) is -4.15. The normalized spacial score (nSPS) is 28.9. The number of amides is 1. The second kappa shape index (κ2) is 6.57. The van der Waals surface area contributed by atoms with Gasteiger partial charge in [0.15, 0.2) is 0 Å². The Balaban J connectivity index is 2.46. The monoisotopic (exact) mass is 400 g/mol. The van der Waals surface area contributed by atoms with E-state index in [1.54, 1.807) is 32.9 Å². The van der Waals surface area contributed by atoms with E-state index in [0.29, 0.717) is 0 Å². The maximum atomic E-state index is 12.6. The molecule has 0 spiro atoms. The lowest BCUT2D eigenvalue weighted by atomic mass is 9.90. The number of likely N-dealkylation sites (tertiary alicyclic amines) is 1. The van der Waals surface area contributed by atoms with Crippen molar-refractivity contribution in [1.82, 2.24) is 0 Å². The van der Waals surface area contributed by atoms with Crippen LogP contribution in [0.5, 0.6) is 0 Å². The predicted molar refractivity (Wildman–Crippen MR) is 96.8 cm³/mol. The topological polar surface area (TPSA) is 118 Å². The third-order valence-corrected chi connectivity index (χ3v) is 6.83. The van der Waals surface area contributed by atoms with Crippen LogP contribution in [0, 0.1) is 6.92 Å². The summed E-state index contributed by atoms with van der Waals surface area (Å²) >= 11 is 0. The second-order valence-corrected chi connectivity index (χ2v) is 9.79. The van der Waals surface area contributed by atoms with Crippen molar-refractivity contribution < 1.29 is 36.9 Å². The van der Waals surface area contributed by atoms with Gasteiger partial charge in [0.05, 0.1) is 4.90 Å². The van der Waals surface area contributed by atoms with Crippen LogP contribution in [-0.4, -0.2) is 58.9 Å². The highest BCUT2D eigenvalue weighted by Gasteiger charge is 2.70. The number of quaternary nitrogens is 1. The molecule has 2 rings (SSSR count). The van der Waals surface area contributed by atoms with Crippen LogP contribution in [-0.2, 0) is 19.1 Å². The van der Waals surface area contributed by atoms with E-state index in [1.807, 2.05) is 6.92 Å². The summed E-state index contributed by atoms with van der Waals surface area (Å²) in [5.74, 6) is -1.31. The SMILES string of the molecule is Cc1ccc(S(=O)(=O)O[C@@H]2C[C@@](C)(C(=O)O)[N+](C(=O)O)(C(C)(C)C)C2)cc1. The quantitative estimate of drug-likeness (QED) is 0.589. The van der Waals surface area contributed by atoms with E-state index in [4.69, 9.17) is 4.18 Å².